The van der Waals surface area contributed by atoms with Gasteiger partial charge in [-0.05, 0) is 0 Å². The van der Waals surface area contributed by atoms with Crippen molar-refractivity contribution in [2.75, 3.05) is 26.9 Å². The molecule has 1 aromatic heterocycles. The number of nitrogens with zero attached hydrogens (tertiary/aromatic N) is 2. The summed E-state index contributed by atoms with van der Waals surface area (Å²) in [5.41, 5.74) is 0.993. The number of aliphatic hydroxyl groups excluding tert-OH is 1. The van der Waals surface area contributed by atoms with Gasteiger partial charge in [-0.1, -0.05) is 0 Å². The molecule has 3 atom stereocenters. The first-order valence-electron chi connectivity index (χ1n) is 6.17. The number of hydrogen-bond acceptors (Lipinski definition) is 5. The second kappa shape index (κ2) is 6.29. The van der Waals surface area contributed by atoms with Gasteiger partial charge in [0.25, 0.3) is 0 Å². The molecule has 0 aliphatic carbocycles. The van der Waals surface area contributed by atoms with Crippen LogP contribution in [0.2, 0.25) is 0 Å². The maximum absolute atomic E-state index is 10.1. The van der Waals surface area contributed by atoms with E-state index in [-0.39, 0.29) is 12.0 Å². The monoisotopic (exact) mass is 255 g/mol. The average Bonchev–Trinajstić information content (AvgIpc) is 2.77. The van der Waals surface area contributed by atoms with Crippen molar-refractivity contribution in [3.63, 3.8) is 0 Å². The van der Waals surface area contributed by atoms with Crippen LogP contribution in [0.1, 0.15) is 5.69 Å². The Balaban J connectivity index is 1.75. The Morgan fingerprint density at radius 3 is 3.11 bits per heavy atom. The van der Waals surface area contributed by atoms with Gasteiger partial charge in [-0.3, -0.25) is 0 Å². The number of methoxy groups -OCH3 is 1. The highest BCUT2D eigenvalue weighted by Crippen LogP contribution is 2.16. The Kier molecular flexibility index (Phi) is 4.71. The molecule has 2 heterocycles. The van der Waals surface area contributed by atoms with Crippen molar-refractivity contribution in [1.82, 2.24) is 14.9 Å². The summed E-state index contributed by atoms with van der Waals surface area (Å²) >= 11 is 0. The number of aromatic nitrogens is 2. The van der Waals surface area contributed by atoms with Gasteiger partial charge in [0.1, 0.15) is 6.10 Å². The van der Waals surface area contributed by atoms with E-state index in [2.05, 4.69) is 10.3 Å². The first-order chi connectivity index (χ1) is 8.70. The summed E-state index contributed by atoms with van der Waals surface area (Å²) in [7, 11) is 3.54. The van der Waals surface area contributed by atoms with Gasteiger partial charge in [0.15, 0.2) is 0 Å². The quantitative estimate of drug-likeness (QED) is 0.744. The number of ether oxygens (including phenoxy) is 2. The van der Waals surface area contributed by atoms with Crippen LogP contribution in [0.3, 0.4) is 0 Å². The Labute approximate surface area is 107 Å². The molecule has 18 heavy (non-hydrogen) atoms. The molecule has 1 aliphatic rings. The number of aryl methyl sites for hydroxylation is 1. The molecule has 1 aromatic rings. The van der Waals surface area contributed by atoms with E-state index in [9.17, 15) is 5.11 Å². The highest BCUT2D eigenvalue weighted by atomic mass is 16.5. The standard InChI is InChI=1S/C12H21N3O3/c1-15-5-10(14-8-15)4-13-3-9-6-18-7-11(17-2)12(9)16/h5,8-9,11-13,16H,3-4,6-7H2,1-2H3/t9-,11-,12+/m1/s1. The van der Waals surface area contributed by atoms with E-state index in [1.165, 1.54) is 0 Å². The second-order valence-corrected chi connectivity index (χ2v) is 4.72. The molecule has 0 aromatic carbocycles. The van der Waals surface area contributed by atoms with Crippen LogP contribution in [0.4, 0.5) is 0 Å². The van der Waals surface area contributed by atoms with Gasteiger partial charge in [0, 0.05) is 39.4 Å². The van der Waals surface area contributed by atoms with Crippen molar-refractivity contribution in [2.24, 2.45) is 13.0 Å². The van der Waals surface area contributed by atoms with Crippen LogP contribution in [0.15, 0.2) is 12.5 Å². The Morgan fingerprint density at radius 1 is 1.61 bits per heavy atom. The molecule has 1 aliphatic heterocycles. The van der Waals surface area contributed by atoms with Crippen LogP contribution in [0, 0.1) is 5.92 Å². The Hall–Kier alpha value is -0.950. The average molecular weight is 255 g/mol. The van der Waals surface area contributed by atoms with Crippen molar-refractivity contribution in [2.45, 2.75) is 18.8 Å². The molecule has 0 bridgehead atoms. The van der Waals surface area contributed by atoms with Crippen LogP contribution in [-0.4, -0.2) is 53.7 Å². The molecule has 0 amide bonds. The molecule has 2 rings (SSSR count). The van der Waals surface area contributed by atoms with E-state index in [1.54, 1.807) is 13.4 Å². The number of hydrogen-bond donors (Lipinski definition) is 2. The number of nitrogens with one attached hydrogen (secondary N) is 1. The van der Waals surface area contributed by atoms with Crippen molar-refractivity contribution in [3.05, 3.63) is 18.2 Å². The summed E-state index contributed by atoms with van der Waals surface area (Å²) in [6, 6.07) is 0. The molecule has 0 unspecified atom stereocenters. The minimum absolute atomic E-state index is 0.0624. The molecule has 102 valence electrons. The van der Waals surface area contributed by atoms with Crippen molar-refractivity contribution in [1.29, 1.82) is 0 Å². The SMILES string of the molecule is CO[C@@H]1COC[C@@H](CNCc2cn(C)cn2)[C@@H]1O. The van der Waals surface area contributed by atoms with E-state index in [1.807, 2.05) is 17.8 Å². The predicted molar refractivity (Wildman–Crippen MR) is 66.0 cm³/mol. The van der Waals surface area contributed by atoms with Gasteiger partial charge in [-0.15, -0.1) is 0 Å². The zero-order valence-corrected chi connectivity index (χ0v) is 10.9. The van der Waals surface area contributed by atoms with Gasteiger partial charge in [-0.25, -0.2) is 4.98 Å². The fourth-order valence-electron chi connectivity index (χ4n) is 2.17. The molecule has 6 heteroatoms. The van der Waals surface area contributed by atoms with Crippen LogP contribution in [-0.2, 0) is 23.1 Å². The molecular formula is C12H21N3O3. The van der Waals surface area contributed by atoms with E-state index < -0.39 is 6.10 Å². The Morgan fingerprint density at radius 2 is 2.44 bits per heavy atom. The molecule has 6 nitrogen and oxygen atoms in total. The number of rotatable bonds is 5. The first-order valence-corrected chi connectivity index (χ1v) is 6.17. The van der Waals surface area contributed by atoms with E-state index >= 15 is 0 Å². The van der Waals surface area contributed by atoms with Crippen molar-refractivity contribution >= 4 is 0 Å². The van der Waals surface area contributed by atoms with Crippen LogP contribution in [0.25, 0.3) is 0 Å². The zero-order valence-electron chi connectivity index (χ0n) is 10.9. The lowest BCUT2D eigenvalue weighted by Gasteiger charge is -2.33. The van der Waals surface area contributed by atoms with Crippen molar-refractivity contribution < 1.29 is 14.6 Å². The zero-order chi connectivity index (χ0) is 13.0. The molecule has 1 saturated heterocycles. The molecule has 1 fully saturated rings. The molecule has 0 saturated carbocycles. The lowest BCUT2D eigenvalue weighted by molar-refractivity contribution is -0.133. The largest absolute Gasteiger partial charge is 0.390 e. The van der Waals surface area contributed by atoms with Crippen LogP contribution >= 0.6 is 0 Å². The fourth-order valence-corrected chi connectivity index (χ4v) is 2.17. The smallest absolute Gasteiger partial charge is 0.107 e. The Bertz CT molecular complexity index is 369. The molecule has 2 N–H and O–H groups in total. The van der Waals surface area contributed by atoms with Crippen molar-refractivity contribution in [3.8, 4) is 0 Å². The van der Waals surface area contributed by atoms with E-state index in [0.717, 1.165) is 5.69 Å². The summed E-state index contributed by atoms with van der Waals surface area (Å²) < 4.78 is 12.5. The maximum Gasteiger partial charge on any atom is 0.107 e. The normalized spacial score (nSPS) is 28.5. The summed E-state index contributed by atoms with van der Waals surface area (Å²) in [5, 5.41) is 13.4. The lowest BCUT2D eigenvalue weighted by atomic mass is 9.96. The fraction of sp³-hybridized carbons (Fsp3) is 0.750. The highest BCUT2D eigenvalue weighted by molar-refractivity contribution is 4.95. The van der Waals surface area contributed by atoms with Gasteiger partial charge in [-0.2, -0.15) is 0 Å². The summed E-state index contributed by atoms with van der Waals surface area (Å²) in [6.07, 6.45) is 3.05. The topological polar surface area (TPSA) is 68.5 Å². The highest BCUT2D eigenvalue weighted by Gasteiger charge is 2.32. The summed E-state index contributed by atoms with van der Waals surface area (Å²) in [5.74, 6) is 0.0624. The molecule has 0 radical (unpaired) electrons. The van der Waals surface area contributed by atoms with Crippen LogP contribution in [0.5, 0.6) is 0 Å². The minimum atomic E-state index is -0.472. The van der Waals surface area contributed by atoms with E-state index in [4.69, 9.17) is 9.47 Å². The number of imidazole rings is 1. The summed E-state index contributed by atoms with van der Waals surface area (Å²) in [4.78, 5) is 4.23. The minimum Gasteiger partial charge on any atom is -0.390 e. The molecule has 0 spiro atoms. The lowest BCUT2D eigenvalue weighted by Crippen LogP contribution is -2.48. The van der Waals surface area contributed by atoms with Gasteiger partial charge < -0.3 is 24.5 Å². The van der Waals surface area contributed by atoms with Gasteiger partial charge in [0.2, 0.25) is 0 Å². The number of aliphatic hydroxyl groups is 1. The maximum atomic E-state index is 10.1. The third-order valence-corrected chi connectivity index (χ3v) is 3.25. The first kappa shape index (κ1) is 13.5. The van der Waals surface area contributed by atoms with Crippen LogP contribution < -0.4 is 5.32 Å². The third kappa shape index (κ3) is 3.29. The molecular weight excluding hydrogens is 234 g/mol. The van der Waals surface area contributed by atoms with E-state index in [0.29, 0.717) is 26.3 Å². The second-order valence-electron chi connectivity index (χ2n) is 4.72. The predicted octanol–water partition coefficient (Wildman–Crippen LogP) is -0.468. The third-order valence-electron chi connectivity index (χ3n) is 3.25. The summed E-state index contributed by atoms with van der Waals surface area (Å²) in [6.45, 7) is 2.42. The van der Waals surface area contributed by atoms with Gasteiger partial charge >= 0.3 is 0 Å². The van der Waals surface area contributed by atoms with Gasteiger partial charge in [0.05, 0.1) is 31.3 Å².